The zero-order valence-corrected chi connectivity index (χ0v) is 17.9. The number of aryl methyl sites for hydroxylation is 1. The van der Waals surface area contributed by atoms with Crippen molar-refractivity contribution in [3.63, 3.8) is 0 Å². The first-order valence-electron chi connectivity index (χ1n) is 10.9. The minimum absolute atomic E-state index is 0.0421. The number of aliphatic imine (C=N–C) groups is 1. The van der Waals surface area contributed by atoms with Crippen LogP contribution in [-0.2, 0) is 11.3 Å². The third-order valence-electron chi connectivity index (χ3n) is 6.62. The molecule has 1 amide bonds. The van der Waals surface area contributed by atoms with Crippen molar-refractivity contribution < 1.29 is 23.8 Å². The Kier molecular flexibility index (Phi) is 5.53. The summed E-state index contributed by atoms with van der Waals surface area (Å²) in [5.74, 6) is -0.711. The first kappa shape index (κ1) is 21.8. The van der Waals surface area contributed by atoms with E-state index in [1.165, 1.54) is 17.3 Å². The van der Waals surface area contributed by atoms with Crippen molar-refractivity contribution in [2.24, 2.45) is 4.99 Å². The van der Waals surface area contributed by atoms with Crippen LogP contribution in [0, 0.1) is 12.7 Å². The van der Waals surface area contributed by atoms with Crippen molar-refractivity contribution in [2.45, 2.75) is 63.2 Å². The van der Waals surface area contributed by atoms with Gasteiger partial charge in [0, 0.05) is 12.1 Å². The maximum atomic E-state index is 14.5. The molecule has 1 saturated carbocycles. The van der Waals surface area contributed by atoms with Gasteiger partial charge in [0.2, 0.25) is 0 Å². The monoisotopic (exact) mass is 458 g/mol. The summed E-state index contributed by atoms with van der Waals surface area (Å²) in [7, 11) is 0. The topological polar surface area (TPSA) is 124 Å². The fourth-order valence-corrected chi connectivity index (χ4v) is 4.90. The Bertz CT molecular complexity index is 1130. The lowest BCUT2D eigenvalue weighted by atomic mass is 10.0. The van der Waals surface area contributed by atoms with Crippen molar-refractivity contribution in [1.29, 1.82) is 0 Å². The maximum Gasteiger partial charge on any atom is 0.273 e. The number of amides is 1. The molecule has 5 atom stereocenters. The summed E-state index contributed by atoms with van der Waals surface area (Å²) in [6.45, 7) is 1.72. The number of carbonyl (C=O) groups is 1. The van der Waals surface area contributed by atoms with Crippen molar-refractivity contribution in [1.82, 2.24) is 19.9 Å². The zero-order chi connectivity index (χ0) is 23.3. The Balaban J connectivity index is 1.46. The van der Waals surface area contributed by atoms with Crippen LogP contribution in [0.1, 0.15) is 47.8 Å². The molecule has 0 aromatic carbocycles. The highest BCUT2D eigenvalue weighted by molar-refractivity contribution is 6.47. The van der Waals surface area contributed by atoms with Crippen LogP contribution in [-0.4, -0.2) is 72.6 Å². The summed E-state index contributed by atoms with van der Waals surface area (Å²) in [6.07, 6.45) is 0.399. The number of likely N-dealkylation sites (tertiary alicyclic amines) is 1. The lowest BCUT2D eigenvalue weighted by molar-refractivity contribution is -0.125. The maximum absolute atomic E-state index is 14.5. The molecule has 11 heteroatoms. The second-order valence-corrected chi connectivity index (χ2v) is 8.73. The average Bonchev–Trinajstić information content (AvgIpc) is 3.49. The van der Waals surface area contributed by atoms with Crippen LogP contribution in [0.15, 0.2) is 23.6 Å². The van der Waals surface area contributed by atoms with Gasteiger partial charge in [-0.1, -0.05) is 0 Å². The van der Waals surface area contributed by atoms with Gasteiger partial charge in [-0.05, 0) is 31.4 Å². The summed E-state index contributed by atoms with van der Waals surface area (Å²) >= 11 is 0. The first-order chi connectivity index (χ1) is 15.8. The number of alkyl halides is 1. The fourth-order valence-electron chi connectivity index (χ4n) is 4.90. The lowest BCUT2D eigenvalue weighted by Crippen LogP contribution is -2.38. The number of rotatable bonds is 4. The molecule has 1 aliphatic carbocycles. The summed E-state index contributed by atoms with van der Waals surface area (Å²) in [6, 6.07) is 0.181. The molecule has 0 spiro atoms. The molecule has 9 nitrogen and oxygen atoms in total. The zero-order valence-electron chi connectivity index (χ0n) is 17.9. The highest BCUT2D eigenvalue weighted by Crippen LogP contribution is 2.37. The third kappa shape index (κ3) is 3.84. The molecular formula is C22H24F2N6O3. The molecule has 3 aliphatic rings. The highest BCUT2D eigenvalue weighted by Gasteiger charge is 2.42. The number of pyridine rings is 1. The molecular weight excluding hydrogens is 434 g/mol. The second kappa shape index (κ2) is 8.38. The molecule has 2 fully saturated rings. The van der Waals surface area contributed by atoms with Gasteiger partial charge >= 0.3 is 0 Å². The van der Waals surface area contributed by atoms with Gasteiger partial charge in [-0.25, -0.2) is 18.7 Å². The predicted octanol–water partition coefficient (Wildman–Crippen LogP) is 1.23. The van der Waals surface area contributed by atoms with Gasteiger partial charge in [0.25, 0.3) is 5.91 Å². The first-order valence-corrected chi connectivity index (χ1v) is 10.9. The van der Waals surface area contributed by atoms with Crippen LogP contribution >= 0.6 is 0 Å². The van der Waals surface area contributed by atoms with Gasteiger partial charge in [0.1, 0.15) is 29.8 Å². The Morgan fingerprint density at radius 2 is 2.06 bits per heavy atom. The number of hydrogen-bond acceptors (Lipinski definition) is 8. The number of nitrogens with zero attached hydrogens (tertiary/aromatic N) is 5. The predicted molar refractivity (Wildman–Crippen MR) is 114 cm³/mol. The van der Waals surface area contributed by atoms with E-state index in [0.29, 0.717) is 41.2 Å². The van der Waals surface area contributed by atoms with Gasteiger partial charge < -0.3 is 20.4 Å². The quantitative estimate of drug-likeness (QED) is 0.630. The molecule has 2 aromatic heterocycles. The van der Waals surface area contributed by atoms with Crippen LogP contribution in [0.25, 0.3) is 0 Å². The van der Waals surface area contributed by atoms with E-state index in [0.717, 1.165) is 6.20 Å². The lowest BCUT2D eigenvalue weighted by Gasteiger charge is -2.26. The molecule has 33 heavy (non-hydrogen) atoms. The van der Waals surface area contributed by atoms with Crippen molar-refractivity contribution in [2.75, 3.05) is 11.9 Å². The Labute approximate surface area is 188 Å². The minimum Gasteiger partial charge on any atom is -0.390 e. The van der Waals surface area contributed by atoms with Crippen LogP contribution in [0.5, 0.6) is 0 Å². The van der Waals surface area contributed by atoms with Crippen LogP contribution in [0.4, 0.5) is 14.6 Å². The summed E-state index contributed by atoms with van der Waals surface area (Å²) in [5.41, 5.74) is 2.04. The molecule has 0 radical (unpaired) electrons. The smallest absolute Gasteiger partial charge is 0.273 e. The van der Waals surface area contributed by atoms with Gasteiger partial charge in [0.15, 0.2) is 0 Å². The molecule has 2 aromatic rings. The van der Waals surface area contributed by atoms with Gasteiger partial charge in [0.05, 0.1) is 54.8 Å². The van der Waals surface area contributed by atoms with Crippen LogP contribution in [0.2, 0.25) is 0 Å². The largest absolute Gasteiger partial charge is 0.390 e. The van der Waals surface area contributed by atoms with E-state index in [9.17, 15) is 23.8 Å². The average molecular weight is 458 g/mol. The van der Waals surface area contributed by atoms with E-state index in [1.54, 1.807) is 6.92 Å². The highest BCUT2D eigenvalue weighted by atomic mass is 19.1. The van der Waals surface area contributed by atoms with Crippen LogP contribution < -0.4 is 5.32 Å². The number of halogens is 2. The normalized spacial score (nSPS) is 28.7. The minimum atomic E-state index is -1.26. The van der Waals surface area contributed by atoms with E-state index in [2.05, 4.69) is 25.3 Å². The van der Waals surface area contributed by atoms with Gasteiger partial charge in [-0.15, -0.1) is 0 Å². The van der Waals surface area contributed by atoms with Crippen molar-refractivity contribution in [3.8, 4) is 0 Å². The van der Waals surface area contributed by atoms with E-state index >= 15 is 0 Å². The summed E-state index contributed by atoms with van der Waals surface area (Å²) in [4.78, 5) is 31.8. The SMILES string of the molecule is Cc1ncc(F)cc1[C@H]1C[C@H](F)CN1C(=O)C1=NCc2ncnc(N[C@@H]3CC[C@@H](O)[C@H]3O)c21. The molecule has 174 valence electrons. The number of carbonyl (C=O) groups excluding carboxylic acids is 1. The molecule has 4 heterocycles. The van der Waals surface area contributed by atoms with E-state index < -0.39 is 42.2 Å². The number of aromatic nitrogens is 3. The van der Waals surface area contributed by atoms with E-state index in [-0.39, 0.29) is 25.2 Å². The molecule has 2 aliphatic heterocycles. The van der Waals surface area contributed by atoms with E-state index in [4.69, 9.17) is 0 Å². The fraction of sp³-hybridized carbons (Fsp3) is 0.500. The van der Waals surface area contributed by atoms with Crippen LogP contribution in [0.3, 0.4) is 0 Å². The van der Waals surface area contributed by atoms with Crippen molar-refractivity contribution >= 4 is 17.4 Å². The standard InChI is InChI=1S/C22H24F2N6O3/c1-10-13(4-11(23)6-25-10)16-5-12(24)8-30(16)22(33)19-18-15(7-26-19)27-9-28-21(18)29-14-2-3-17(31)20(14)32/h4,6,9,12,14,16-17,20,31-32H,2-3,5,7-8H2,1H3,(H,27,28,29)/t12-,14+,16+,17+,20-/m0/s1. The Morgan fingerprint density at radius 1 is 1.24 bits per heavy atom. The number of aliphatic hydroxyl groups excluding tert-OH is 2. The summed E-state index contributed by atoms with van der Waals surface area (Å²) < 4.78 is 28.4. The summed E-state index contributed by atoms with van der Waals surface area (Å²) in [5, 5.41) is 23.2. The van der Waals surface area contributed by atoms with Gasteiger partial charge in [-0.3, -0.25) is 14.8 Å². The third-order valence-corrected chi connectivity index (χ3v) is 6.62. The number of anilines is 1. The van der Waals surface area contributed by atoms with Crippen molar-refractivity contribution in [3.05, 3.63) is 46.9 Å². The van der Waals surface area contributed by atoms with E-state index in [1.807, 2.05) is 0 Å². The number of fused-ring (bicyclic) bond motifs is 1. The number of nitrogens with one attached hydrogen (secondary N) is 1. The Morgan fingerprint density at radius 3 is 2.82 bits per heavy atom. The molecule has 5 rings (SSSR count). The molecule has 0 bridgehead atoms. The number of hydrogen-bond donors (Lipinski definition) is 3. The molecule has 3 N–H and O–H groups in total. The second-order valence-electron chi connectivity index (χ2n) is 8.73. The molecule has 1 saturated heterocycles. The van der Waals surface area contributed by atoms with Gasteiger partial charge in [-0.2, -0.15) is 0 Å². The Hall–Kier alpha value is -3.05. The molecule has 0 unspecified atom stereocenters. The number of aliphatic hydroxyl groups is 2.